The number of aryl methyl sites for hydroxylation is 2. The molecule has 0 saturated carbocycles. The molecule has 0 aliphatic carbocycles. The van der Waals surface area contributed by atoms with Crippen LogP contribution in [0.4, 0.5) is 0 Å². The second-order valence-corrected chi connectivity index (χ2v) is 5.38. The molecule has 1 aliphatic rings. The fourth-order valence-electron chi connectivity index (χ4n) is 2.63. The molecular weight excluding hydrogens is 212 g/mol. The third-order valence-corrected chi connectivity index (χ3v) is 4.27. The maximum absolute atomic E-state index is 9.69. The summed E-state index contributed by atoms with van der Waals surface area (Å²) < 4.78 is 5.63. The molecule has 2 atom stereocenters. The highest BCUT2D eigenvalue weighted by Gasteiger charge is 2.40. The van der Waals surface area contributed by atoms with Gasteiger partial charge in [0.25, 0.3) is 0 Å². The molecule has 2 unspecified atom stereocenters. The third-order valence-electron chi connectivity index (χ3n) is 4.27. The highest BCUT2D eigenvalue weighted by Crippen LogP contribution is 2.37. The van der Waals surface area contributed by atoms with Crippen LogP contribution in [0.1, 0.15) is 30.0 Å². The van der Waals surface area contributed by atoms with Crippen LogP contribution in [-0.4, -0.2) is 24.4 Å². The van der Waals surface area contributed by atoms with E-state index in [2.05, 4.69) is 39.0 Å². The Morgan fingerprint density at radius 3 is 2.65 bits per heavy atom. The molecule has 17 heavy (non-hydrogen) atoms. The molecule has 0 spiro atoms. The summed E-state index contributed by atoms with van der Waals surface area (Å²) in [5, 5.41) is 9.69. The zero-order valence-corrected chi connectivity index (χ0v) is 11.0. The lowest BCUT2D eigenvalue weighted by Gasteiger charge is -2.30. The van der Waals surface area contributed by atoms with Crippen molar-refractivity contribution in [1.29, 1.82) is 0 Å². The van der Waals surface area contributed by atoms with Crippen molar-refractivity contribution in [2.24, 2.45) is 5.41 Å². The smallest absolute Gasteiger partial charge is 0.0629 e. The summed E-state index contributed by atoms with van der Waals surface area (Å²) in [4.78, 5) is 0. The first kappa shape index (κ1) is 12.6. The van der Waals surface area contributed by atoms with Gasteiger partial charge in [-0.25, -0.2) is 0 Å². The van der Waals surface area contributed by atoms with Gasteiger partial charge in [-0.2, -0.15) is 0 Å². The molecular formula is C15H22O2. The number of rotatable bonds is 3. The normalized spacial score (nSPS) is 28.6. The third kappa shape index (κ3) is 2.38. The van der Waals surface area contributed by atoms with E-state index in [1.807, 2.05) is 0 Å². The monoisotopic (exact) mass is 234 g/mol. The van der Waals surface area contributed by atoms with E-state index >= 15 is 0 Å². The molecule has 1 fully saturated rings. The Labute approximate surface area is 104 Å². The van der Waals surface area contributed by atoms with Gasteiger partial charge in [0.1, 0.15) is 0 Å². The van der Waals surface area contributed by atoms with E-state index in [0.29, 0.717) is 0 Å². The molecule has 1 N–H and O–H groups in total. The average Bonchev–Trinajstić information content (AvgIpc) is 2.66. The minimum Gasteiger partial charge on any atom is -0.396 e. The maximum atomic E-state index is 9.69. The van der Waals surface area contributed by atoms with Gasteiger partial charge in [-0.1, -0.05) is 18.2 Å². The van der Waals surface area contributed by atoms with E-state index in [0.717, 1.165) is 19.4 Å². The van der Waals surface area contributed by atoms with E-state index < -0.39 is 0 Å². The van der Waals surface area contributed by atoms with Gasteiger partial charge in [0, 0.05) is 12.0 Å². The zero-order valence-electron chi connectivity index (χ0n) is 11.0. The molecule has 1 aromatic rings. The summed E-state index contributed by atoms with van der Waals surface area (Å²) in [6, 6.07) is 6.57. The van der Waals surface area contributed by atoms with Gasteiger partial charge in [-0.3, -0.25) is 0 Å². The van der Waals surface area contributed by atoms with Crippen LogP contribution in [0.5, 0.6) is 0 Å². The molecule has 0 aromatic heterocycles. The number of benzene rings is 1. The number of hydrogen-bond acceptors (Lipinski definition) is 2. The lowest BCUT2D eigenvalue weighted by atomic mass is 9.77. The fraction of sp³-hybridized carbons (Fsp3) is 0.600. The molecule has 1 aliphatic heterocycles. The first-order valence-corrected chi connectivity index (χ1v) is 6.36. The van der Waals surface area contributed by atoms with Crippen LogP contribution in [0.2, 0.25) is 0 Å². The van der Waals surface area contributed by atoms with Crippen molar-refractivity contribution < 1.29 is 9.84 Å². The lowest BCUT2D eigenvalue weighted by Crippen LogP contribution is -2.35. The van der Waals surface area contributed by atoms with Crippen molar-refractivity contribution in [1.82, 2.24) is 0 Å². The van der Waals surface area contributed by atoms with Crippen LogP contribution in [0.15, 0.2) is 18.2 Å². The predicted molar refractivity (Wildman–Crippen MR) is 69.2 cm³/mol. The first-order valence-electron chi connectivity index (χ1n) is 6.36. The van der Waals surface area contributed by atoms with E-state index in [1.165, 1.54) is 16.7 Å². The highest BCUT2D eigenvalue weighted by molar-refractivity contribution is 5.30. The molecule has 0 bridgehead atoms. The van der Waals surface area contributed by atoms with Gasteiger partial charge in [-0.05, 0) is 50.3 Å². The topological polar surface area (TPSA) is 29.5 Å². The Kier molecular flexibility index (Phi) is 3.55. The van der Waals surface area contributed by atoms with Gasteiger partial charge in [0.15, 0.2) is 0 Å². The quantitative estimate of drug-likeness (QED) is 0.871. The van der Waals surface area contributed by atoms with Crippen LogP contribution in [-0.2, 0) is 11.2 Å². The van der Waals surface area contributed by atoms with Crippen LogP contribution < -0.4 is 0 Å². The van der Waals surface area contributed by atoms with Gasteiger partial charge in [-0.15, -0.1) is 0 Å². The number of aliphatic hydroxyl groups is 1. The summed E-state index contributed by atoms with van der Waals surface area (Å²) >= 11 is 0. The van der Waals surface area contributed by atoms with Crippen LogP contribution in [0.25, 0.3) is 0 Å². The van der Waals surface area contributed by atoms with E-state index in [-0.39, 0.29) is 18.1 Å². The van der Waals surface area contributed by atoms with Crippen molar-refractivity contribution in [2.45, 2.75) is 39.7 Å². The van der Waals surface area contributed by atoms with Crippen molar-refractivity contribution in [3.63, 3.8) is 0 Å². The summed E-state index contributed by atoms with van der Waals surface area (Å²) in [5.74, 6) is 0. The van der Waals surface area contributed by atoms with Gasteiger partial charge in [0.2, 0.25) is 0 Å². The Morgan fingerprint density at radius 2 is 2.12 bits per heavy atom. The van der Waals surface area contributed by atoms with E-state index in [9.17, 15) is 5.11 Å². The van der Waals surface area contributed by atoms with Crippen molar-refractivity contribution >= 4 is 0 Å². The second kappa shape index (κ2) is 4.79. The molecule has 0 amide bonds. The molecule has 2 rings (SSSR count). The Morgan fingerprint density at radius 1 is 1.35 bits per heavy atom. The molecule has 1 heterocycles. The standard InChI is InChI=1S/C15H22O2/c1-11-4-5-14(8-12(11)2)9-15(10-16)6-7-17-13(15)3/h4-5,8,13,16H,6-7,9-10H2,1-3H3. The number of aliphatic hydroxyl groups excluding tert-OH is 1. The lowest BCUT2D eigenvalue weighted by molar-refractivity contribution is 0.0272. The van der Waals surface area contributed by atoms with Crippen LogP contribution in [0.3, 0.4) is 0 Å². The zero-order chi connectivity index (χ0) is 12.5. The molecule has 0 radical (unpaired) electrons. The summed E-state index contributed by atoms with van der Waals surface area (Å²) in [6.45, 7) is 7.32. The van der Waals surface area contributed by atoms with E-state index in [1.54, 1.807) is 0 Å². The minimum atomic E-state index is -0.0816. The summed E-state index contributed by atoms with van der Waals surface area (Å²) in [7, 11) is 0. The maximum Gasteiger partial charge on any atom is 0.0629 e. The Hall–Kier alpha value is -0.860. The van der Waals surface area contributed by atoms with E-state index in [4.69, 9.17) is 4.74 Å². The first-order chi connectivity index (χ1) is 8.07. The highest BCUT2D eigenvalue weighted by atomic mass is 16.5. The summed E-state index contributed by atoms with van der Waals surface area (Å²) in [5.41, 5.74) is 3.87. The van der Waals surface area contributed by atoms with Gasteiger partial charge >= 0.3 is 0 Å². The molecule has 94 valence electrons. The molecule has 1 saturated heterocycles. The van der Waals surface area contributed by atoms with Gasteiger partial charge in [0.05, 0.1) is 12.7 Å². The number of hydrogen-bond donors (Lipinski definition) is 1. The fourth-order valence-corrected chi connectivity index (χ4v) is 2.63. The second-order valence-electron chi connectivity index (χ2n) is 5.38. The molecule has 2 nitrogen and oxygen atoms in total. The van der Waals surface area contributed by atoms with Gasteiger partial charge < -0.3 is 9.84 Å². The predicted octanol–water partition coefficient (Wildman–Crippen LogP) is 2.63. The molecule has 2 heteroatoms. The van der Waals surface area contributed by atoms with Crippen molar-refractivity contribution in [2.75, 3.05) is 13.2 Å². The van der Waals surface area contributed by atoms with Crippen molar-refractivity contribution in [3.8, 4) is 0 Å². The van der Waals surface area contributed by atoms with Crippen LogP contribution >= 0.6 is 0 Å². The van der Waals surface area contributed by atoms with Crippen molar-refractivity contribution in [3.05, 3.63) is 34.9 Å². The minimum absolute atomic E-state index is 0.0816. The SMILES string of the molecule is Cc1ccc(CC2(CO)CCOC2C)cc1C. The summed E-state index contributed by atoms with van der Waals surface area (Å²) in [6.07, 6.45) is 2.01. The average molecular weight is 234 g/mol. The molecule has 1 aromatic carbocycles. The Balaban J connectivity index is 2.21. The largest absolute Gasteiger partial charge is 0.396 e. The van der Waals surface area contributed by atoms with Crippen LogP contribution in [0, 0.1) is 19.3 Å². The number of ether oxygens (including phenoxy) is 1. The Bertz CT molecular complexity index is 400.